The number of nitrogens with two attached hydrogens (primary N) is 1. The lowest BCUT2D eigenvalue weighted by Crippen LogP contribution is -2.34. The van der Waals surface area contributed by atoms with E-state index in [1.54, 1.807) is 36.0 Å². The van der Waals surface area contributed by atoms with Gasteiger partial charge in [0.25, 0.3) is 11.5 Å². The van der Waals surface area contributed by atoms with Crippen LogP contribution in [0.3, 0.4) is 0 Å². The van der Waals surface area contributed by atoms with E-state index in [-0.39, 0.29) is 11.4 Å². The molecule has 2 heterocycles. The summed E-state index contributed by atoms with van der Waals surface area (Å²) in [7, 11) is 1.34. The maximum Gasteiger partial charge on any atom is 0.337 e. The predicted octanol–water partition coefficient (Wildman–Crippen LogP) is 1.83. The smallest absolute Gasteiger partial charge is 0.337 e. The highest BCUT2D eigenvalue weighted by molar-refractivity contribution is 5.97. The molecule has 1 amide bonds. The van der Waals surface area contributed by atoms with Crippen LogP contribution in [0.25, 0.3) is 11.1 Å². The van der Waals surface area contributed by atoms with Crippen molar-refractivity contribution in [2.24, 2.45) is 0 Å². The number of amides is 1. The topological polar surface area (TPSA) is 165 Å². The van der Waals surface area contributed by atoms with Crippen molar-refractivity contribution >= 4 is 17.6 Å². The Morgan fingerprint density at radius 3 is 2.67 bits per heavy atom. The van der Waals surface area contributed by atoms with Gasteiger partial charge in [-0.1, -0.05) is 30.3 Å². The summed E-state index contributed by atoms with van der Waals surface area (Å²) in [6.07, 6.45) is 3.61. The second-order valence-corrected chi connectivity index (χ2v) is 8.14. The van der Waals surface area contributed by atoms with Gasteiger partial charge in [-0.05, 0) is 41.8 Å². The molecule has 0 aliphatic rings. The second-order valence-electron chi connectivity index (χ2n) is 8.14. The lowest BCUT2D eigenvalue weighted by molar-refractivity contribution is 0.0600. The molecule has 36 heavy (non-hydrogen) atoms. The zero-order chi connectivity index (χ0) is 25.8. The first-order chi connectivity index (χ1) is 17.2. The number of benzene rings is 2. The zero-order valence-corrected chi connectivity index (χ0v) is 19.6. The van der Waals surface area contributed by atoms with Gasteiger partial charge in [-0.3, -0.25) is 19.3 Å². The molecule has 1 atom stereocenters. The van der Waals surface area contributed by atoms with Crippen LogP contribution in [0.4, 0.5) is 5.69 Å². The summed E-state index contributed by atoms with van der Waals surface area (Å²) in [4.78, 5) is 51.8. The minimum Gasteiger partial charge on any atom is -0.465 e. The molecule has 2 aromatic carbocycles. The molecule has 2 aromatic heterocycles. The third-order valence-corrected chi connectivity index (χ3v) is 5.60. The van der Waals surface area contributed by atoms with Gasteiger partial charge in [0.15, 0.2) is 0 Å². The molecule has 0 bridgehead atoms. The Morgan fingerprint density at radius 1 is 1.11 bits per heavy atom. The van der Waals surface area contributed by atoms with E-state index in [1.807, 2.05) is 41.5 Å². The fraction of sp³-hybridized carbons (Fsp3) is 0.160. The number of esters is 1. The number of hydrogen-bond acceptors (Lipinski definition) is 7. The first-order valence-electron chi connectivity index (χ1n) is 11.0. The van der Waals surface area contributed by atoms with E-state index < -0.39 is 29.2 Å². The van der Waals surface area contributed by atoms with E-state index >= 15 is 0 Å². The molecule has 0 saturated carbocycles. The van der Waals surface area contributed by atoms with Gasteiger partial charge in [-0.2, -0.15) is 5.10 Å². The maximum absolute atomic E-state index is 12.6. The number of methoxy groups -OCH3 is 1. The molecular formula is C25H24N6O5. The molecule has 4 aromatic rings. The SMILES string of the molecule is COC(=O)c1cccc(Cn2cc(-c3cccc(C(C)NC(=O)c4[nH]c(=O)[nH]c(=O)c4N)c3)cn2)c1. The highest BCUT2D eigenvalue weighted by Crippen LogP contribution is 2.23. The molecule has 1 unspecified atom stereocenters. The Balaban J connectivity index is 1.50. The van der Waals surface area contributed by atoms with E-state index in [4.69, 9.17) is 10.5 Å². The molecule has 0 saturated heterocycles. The van der Waals surface area contributed by atoms with E-state index in [9.17, 15) is 19.2 Å². The van der Waals surface area contributed by atoms with E-state index in [2.05, 4.69) is 15.4 Å². The fourth-order valence-corrected chi connectivity index (χ4v) is 3.72. The Morgan fingerprint density at radius 2 is 1.89 bits per heavy atom. The molecule has 11 heteroatoms. The molecular weight excluding hydrogens is 464 g/mol. The standard InChI is InChI=1S/C25H24N6O5/c1-14(28-23(33)21-20(26)22(32)30-25(35)29-21)16-6-4-7-17(10-16)19-11-27-31(13-19)12-15-5-3-8-18(9-15)24(34)36-2/h3-11,13-14H,12,26H2,1-2H3,(H,28,33)(H2,29,30,32,35). The second kappa shape index (κ2) is 10.1. The summed E-state index contributed by atoms with van der Waals surface area (Å²) in [5, 5.41) is 7.16. The van der Waals surface area contributed by atoms with Gasteiger partial charge in [-0.15, -0.1) is 0 Å². The third kappa shape index (κ3) is 5.25. The molecule has 11 nitrogen and oxygen atoms in total. The number of rotatable bonds is 7. The zero-order valence-electron chi connectivity index (χ0n) is 19.6. The van der Waals surface area contributed by atoms with Crippen LogP contribution in [0.2, 0.25) is 0 Å². The van der Waals surface area contributed by atoms with Crippen LogP contribution in [0.15, 0.2) is 70.5 Å². The molecule has 0 spiro atoms. The number of ether oxygens (including phenoxy) is 1. The van der Waals surface area contributed by atoms with Crippen LogP contribution >= 0.6 is 0 Å². The predicted molar refractivity (Wildman–Crippen MR) is 133 cm³/mol. The van der Waals surface area contributed by atoms with Crippen molar-refractivity contribution < 1.29 is 14.3 Å². The highest BCUT2D eigenvalue weighted by Gasteiger charge is 2.17. The van der Waals surface area contributed by atoms with Crippen molar-refractivity contribution in [1.82, 2.24) is 25.1 Å². The Bertz CT molecular complexity index is 1550. The number of carbonyl (C=O) groups excluding carboxylic acids is 2. The number of carbonyl (C=O) groups is 2. The van der Waals surface area contributed by atoms with E-state index in [0.29, 0.717) is 12.1 Å². The van der Waals surface area contributed by atoms with Crippen molar-refractivity contribution in [3.05, 3.63) is 104 Å². The van der Waals surface area contributed by atoms with E-state index in [1.165, 1.54) is 7.11 Å². The van der Waals surface area contributed by atoms with Crippen molar-refractivity contribution in [1.29, 1.82) is 0 Å². The van der Waals surface area contributed by atoms with Gasteiger partial charge < -0.3 is 20.8 Å². The Hall–Kier alpha value is -4.93. The number of aromatic amines is 2. The van der Waals surface area contributed by atoms with Gasteiger partial charge >= 0.3 is 11.7 Å². The monoisotopic (exact) mass is 488 g/mol. The first-order valence-corrected chi connectivity index (χ1v) is 11.0. The average molecular weight is 489 g/mol. The Kier molecular flexibility index (Phi) is 6.81. The van der Waals surface area contributed by atoms with Gasteiger partial charge in [0, 0.05) is 11.8 Å². The molecule has 0 aliphatic heterocycles. The summed E-state index contributed by atoms with van der Waals surface area (Å²) in [5.41, 5.74) is 7.26. The van der Waals surface area contributed by atoms with Gasteiger partial charge in [0.1, 0.15) is 11.4 Å². The number of anilines is 1. The highest BCUT2D eigenvalue weighted by atomic mass is 16.5. The fourth-order valence-electron chi connectivity index (χ4n) is 3.72. The number of nitrogens with one attached hydrogen (secondary N) is 3. The first kappa shape index (κ1) is 24.2. The minimum absolute atomic E-state index is 0.288. The molecule has 184 valence electrons. The van der Waals surface area contributed by atoms with Gasteiger partial charge in [0.2, 0.25) is 0 Å². The third-order valence-electron chi connectivity index (χ3n) is 5.60. The van der Waals surface area contributed by atoms with Crippen LogP contribution in [-0.2, 0) is 11.3 Å². The summed E-state index contributed by atoms with van der Waals surface area (Å²) >= 11 is 0. The van der Waals surface area contributed by atoms with E-state index in [0.717, 1.165) is 22.3 Å². The normalized spacial score (nSPS) is 11.6. The quantitative estimate of drug-likeness (QED) is 0.288. The molecule has 0 fully saturated rings. The van der Waals surface area contributed by atoms with Crippen molar-refractivity contribution in [2.75, 3.05) is 12.8 Å². The number of nitrogens with zero attached hydrogens (tertiary/aromatic N) is 2. The lowest BCUT2D eigenvalue weighted by atomic mass is 10.0. The van der Waals surface area contributed by atoms with Crippen molar-refractivity contribution in [3.63, 3.8) is 0 Å². The summed E-state index contributed by atoms with van der Waals surface area (Å²) < 4.78 is 6.53. The Labute approximate surface area is 204 Å². The largest absolute Gasteiger partial charge is 0.465 e. The van der Waals surface area contributed by atoms with Crippen LogP contribution in [0, 0.1) is 0 Å². The molecule has 0 aliphatic carbocycles. The van der Waals surface area contributed by atoms with Crippen molar-refractivity contribution in [2.45, 2.75) is 19.5 Å². The van der Waals surface area contributed by atoms with Crippen LogP contribution in [0.1, 0.15) is 44.9 Å². The molecule has 0 radical (unpaired) electrons. The van der Waals surface area contributed by atoms with Gasteiger partial charge in [0.05, 0.1) is 31.5 Å². The van der Waals surface area contributed by atoms with Crippen LogP contribution < -0.4 is 22.3 Å². The van der Waals surface area contributed by atoms with Crippen molar-refractivity contribution in [3.8, 4) is 11.1 Å². The van der Waals surface area contributed by atoms with Crippen LogP contribution in [-0.4, -0.2) is 38.7 Å². The number of hydrogen-bond donors (Lipinski definition) is 4. The number of H-pyrrole nitrogens is 2. The van der Waals surface area contributed by atoms with Gasteiger partial charge in [-0.25, -0.2) is 9.59 Å². The minimum atomic E-state index is -0.826. The molecule has 4 rings (SSSR count). The van der Waals surface area contributed by atoms with Crippen LogP contribution in [0.5, 0.6) is 0 Å². The number of nitrogen functional groups attached to an aromatic ring is 1. The maximum atomic E-state index is 12.6. The lowest BCUT2D eigenvalue weighted by Gasteiger charge is -2.15. The summed E-state index contributed by atoms with van der Waals surface area (Å²) in [6, 6.07) is 14.2. The number of aromatic nitrogens is 4. The summed E-state index contributed by atoms with van der Waals surface area (Å²) in [5.74, 6) is -1.07. The average Bonchev–Trinajstić information content (AvgIpc) is 3.34. The molecule has 5 N–H and O–H groups in total. The summed E-state index contributed by atoms with van der Waals surface area (Å²) in [6.45, 7) is 2.24.